The van der Waals surface area contributed by atoms with E-state index in [1.54, 1.807) is 24.5 Å². The Morgan fingerprint density at radius 2 is 2.04 bits per heavy atom. The second kappa shape index (κ2) is 7.29. The molecule has 2 N–H and O–H groups in total. The van der Waals surface area contributed by atoms with Crippen molar-refractivity contribution in [1.82, 2.24) is 9.88 Å². The first-order valence-corrected chi connectivity index (χ1v) is 8.27. The Kier molecular flexibility index (Phi) is 5.11. The van der Waals surface area contributed by atoms with E-state index in [0.29, 0.717) is 25.1 Å². The molecule has 1 aliphatic rings. The lowest BCUT2D eigenvalue weighted by molar-refractivity contribution is -0.163. The summed E-state index contributed by atoms with van der Waals surface area (Å²) in [4.78, 5) is 18.2. The van der Waals surface area contributed by atoms with E-state index in [-0.39, 0.29) is 18.8 Å². The molecule has 1 fully saturated rings. The van der Waals surface area contributed by atoms with E-state index in [9.17, 15) is 19.4 Å². The van der Waals surface area contributed by atoms with Gasteiger partial charge in [0.1, 0.15) is 11.2 Å². The number of pyridine rings is 1. The zero-order chi connectivity index (χ0) is 17.9. The van der Waals surface area contributed by atoms with Crippen molar-refractivity contribution < 1.29 is 19.4 Å². The van der Waals surface area contributed by atoms with E-state index >= 15 is 0 Å². The van der Waals surface area contributed by atoms with E-state index < -0.39 is 17.5 Å². The third-order valence-electron chi connectivity index (χ3n) is 4.85. The first-order valence-electron chi connectivity index (χ1n) is 8.27. The number of aliphatic hydroxyl groups is 1. The molecule has 0 saturated carbocycles. The summed E-state index contributed by atoms with van der Waals surface area (Å²) >= 11 is 0. The Hall–Kier alpha value is -2.31. The van der Waals surface area contributed by atoms with Crippen LogP contribution in [0, 0.1) is 11.2 Å². The summed E-state index contributed by atoms with van der Waals surface area (Å²) in [5.41, 5.74) is 0.393. The van der Waals surface area contributed by atoms with Gasteiger partial charge in [0.25, 0.3) is 0 Å². The number of carbonyl (C=O) groups is 1. The highest BCUT2D eigenvalue weighted by Crippen LogP contribution is 2.35. The van der Waals surface area contributed by atoms with Crippen molar-refractivity contribution in [2.75, 3.05) is 13.1 Å². The summed E-state index contributed by atoms with van der Waals surface area (Å²) < 4.78 is 13.1. The molecule has 2 atom stereocenters. The van der Waals surface area contributed by atoms with Crippen LogP contribution in [0.25, 0.3) is 0 Å². The maximum absolute atomic E-state index is 13.1. The molecule has 25 heavy (non-hydrogen) atoms. The Labute approximate surface area is 145 Å². The number of piperidine rings is 1. The van der Waals surface area contributed by atoms with Gasteiger partial charge in [0.05, 0.1) is 6.10 Å². The zero-order valence-electron chi connectivity index (χ0n) is 13.8. The van der Waals surface area contributed by atoms with Gasteiger partial charge in [-0.05, 0) is 42.2 Å². The standard InChI is InChI=1S/C19H21FN2O3/c20-16-5-3-14(4-6-16)10-19(18(24)25)13-22(9-7-17(19)23)12-15-2-1-8-21-11-15/h1-6,8,11,17,23H,7,9-10,12-13H2,(H,24,25)/t17-,19+/m0/s1. The predicted octanol–water partition coefficient (Wildman–Crippen LogP) is 2.10. The van der Waals surface area contributed by atoms with Crippen molar-refractivity contribution in [2.24, 2.45) is 5.41 Å². The minimum Gasteiger partial charge on any atom is -0.481 e. The van der Waals surface area contributed by atoms with Crippen LogP contribution < -0.4 is 0 Å². The Bertz CT molecular complexity index is 723. The van der Waals surface area contributed by atoms with Crippen LogP contribution in [0.15, 0.2) is 48.8 Å². The van der Waals surface area contributed by atoms with Gasteiger partial charge in [-0.25, -0.2) is 4.39 Å². The lowest BCUT2D eigenvalue weighted by Crippen LogP contribution is -2.56. The van der Waals surface area contributed by atoms with Gasteiger partial charge in [-0.3, -0.25) is 14.7 Å². The van der Waals surface area contributed by atoms with E-state index in [4.69, 9.17) is 0 Å². The summed E-state index contributed by atoms with van der Waals surface area (Å²) in [5, 5.41) is 20.4. The number of nitrogens with zero attached hydrogens (tertiary/aromatic N) is 2. The number of benzene rings is 1. The second-order valence-corrected chi connectivity index (χ2v) is 6.64. The van der Waals surface area contributed by atoms with Gasteiger partial charge in [0, 0.05) is 32.0 Å². The number of aliphatic hydroxyl groups excluding tert-OH is 1. The minimum absolute atomic E-state index is 0.160. The SMILES string of the molecule is O=C(O)[C@]1(Cc2ccc(F)cc2)CN(Cc2cccnc2)CC[C@@H]1O. The third-order valence-corrected chi connectivity index (χ3v) is 4.85. The number of rotatable bonds is 5. The van der Waals surface area contributed by atoms with Gasteiger partial charge in [0.2, 0.25) is 0 Å². The summed E-state index contributed by atoms with van der Waals surface area (Å²) in [5.74, 6) is -1.39. The lowest BCUT2D eigenvalue weighted by atomic mass is 9.72. The number of halogens is 1. The molecular weight excluding hydrogens is 323 g/mol. The quantitative estimate of drug-likeness (QED) is 0.869. The van der Waals surface area contributed by atoms with Crippen molar-refractivity contribution in [3.05, 3.63) is 65.7 Å². The molecule has 0 amide bonds. The largest absolute Gasteiger partial charge is 0.481 e. The zero-order valence-corrected chi connectivity index (χ0v) is 13.8. The molecule has 1 aromatic carbocycles. The van der Waals surface area contributed by atoms with Crippen molar-refractivity contribution >= 4 is 5.97 Å². The number of aromatic nitrogens is 1. The number of carboxylic acid groups (broad SMARTS) is 1. The number of carboxylic acids is 1. The first kappa shape index (κ1) is 17.5. The average molecular weight is 344 g/mol. The molecule has 0 spiro atoms. The average Bonchev–Trinajstić information content (AvgIpc) is 2.60. The Balaban J connectivity index is 1.82. The van der Waals surface area contributed by atoms with Crippen molar-refractivity contribution in [3.8, 4) is 0 Å². The predicted molar refractivity (Wildman–Crippen MR) is 90.3 cm³/mol. The van der Waals surface area contributed by atoms with E-state index in [1.165, 1.54) is 12.1 Å². The van der Waals surface area contributed by atoms with Crippen LogP contribution in [0.3, 0.4) is 0 Å². The molecule has 132 valence electrons. The third kappa shape index (κ3) is 3.86. The molecule has 1 aliphatic heterocycles. The van der Waals surface area contributed by atoms with E-state index in [2.05, 4.69) is 4.98 Å². The topological polar surface area (TPSA) is 73.7 Å². The summed E-state index contributed by atoms with van der Waals surface area (Å²) in [7, 11) is 0. The highest BCUT2D eigenvalue weighted by molar-refractivity contribution is 5.76. The molecule has 0 aliphatic carbocycles. The lowest BCUT2D eigenvalue weighted by Gasteiger charge is -2.43. The highest BCUT2D eigenvalue weighted by atomic mass is 19.1. The van der Waals surface area contributed by atoms with Crippen molar-refractivity contribution in [2.45, 2.75) is 25.5 Å². The van der Waals surface area contributed by atoms with Gasteiger partial charge >= 0.3 is 5.97 Å². The monoisotopic (exact) mass is 344 g/mol. The molecule has 2 heterocycles. The molecule has 1 aromatic heterocycles. The van der Waals surface area contributed by atoms with Crippen LogP contribution in [0.4, 0.5) is 4.39 Å². The summed E-state index contributed by atoms with van der Waals surface area (Å²) in [6.45, 7) is 1.43. The number of aliphatic carboxylic acids is 1. The number of likely N-dealkylation sites (tertiary alicyclic amines) is 1. The van der Waals surface area contributed by atoms with Gasteiger partial charge in [-0.15, -0.1) is 0 Å². The van der Waals surface area contributed by atoms with Crippen LogP contribution in [0.5, 0.6) is 0 Å². The van der Waals surface area contributed by atoms with Crippen LogP contribution in [0.1, 0.15) is 17.5 Å². The fourth-order valence-corrected chi connectivity index (χ4v) is 3.48. The molecule has 0 radical (unpaired) electrons. The molecule has 0 unspecified atom stereocenters. The molecule has 1 saturated heterocycles. The smallest absolute Gasteiger partial charge is 0.313 e. The van der Waals surface area contributed by atoms with Crippen molar-refractivity contribution in [1.29, 1.82) is 0 Å². The summed E-state index contributed by atoms with van der Waals surface area (Å²) in [6.07, 6.45) is 3.05. The normalized spacial score (nSPS) is 24.2. The minimum atomic E-state index is -1.31. The first-order chi connectivity index (χ1) is 12.0. The molecular formula is C19H21FN2O3. The second-order valence-electron chi connectivity index (χ2n) is 6.64. The number of hydrogen-bond donors (Lipinski definition) is 2. The Morgan fingerprint density at radius 1 is 1.28 bits per heavy atom. The molecule has 3 rings (SSSR count). The maximum atomic E-state index is 13.1. The van der Waals surface area contributed by atoms with Gasteiger partial charge in [-0.1, -0.05) is 18.2 Å². The summed E-state index contributed by atoms with van der Waals surface area (Å²) in [6, 6.07) is 9.57. The van der Waals surface area contributed by atoms with Crippen LogP contribution in [0.2, 0.25) is 0 Å². The van der Waals surface area contributed by atoms with Gasteiger partial charge < -0.3 is 10.2 Å². The molecule has 0 bridgehead atoms. The van der Waals surface area contributed by atoms with Crippen LogP contribution in [-0.2, 0) is 17.8 Å². The highest BCUT2D eigenvalue weighted by Gasteiger charge is 2.49. The molecule has 5 nitrogen and oxygen atoms in total. The fourth-order valence-electron chi connectivity index (χ4n) is 3.48. The fraction of sp³-hybridized carbons (Fsp3) is 0.368. The molecule has 6 heteroatoms. The van der Waals surface area contributed by atoms with E-state index in [1.807, 2.05) is 17.0 Å². The Morgan fingerprint density at radius 3 is 2.68 bits per heavy atom. The van der Waals surface area contributed by atoms with E-state index in [0.717, 1.165) is 5.56 Å². The van der Waals surface area contributed by atoms with Crippen molar-refractivity contribution in [3.63, 3.8) is 0 Å². The van der Waals surface area contributed by atoms with Gasteiger partial charge in [-0.2, -0.15) is 0 Å². The molecule has 2 aromatic rings. The van der Waals surface area contributed by atoms with Gasteiger partial charge in [0.15, 0.2) is 0 Å². The number of hydrogen-bond acceptors (Lipinski definition) is 4. The maximum Gasteiger partial charge on any atom is 0.313 e. The van der Waals surface area contributed by atoms with Crippen LogP contribution >= 0.6 is 0 Å². The van der Waals surface area contributed by atoms with Crippen LogP contribution in [-0.4, -0.2) is 45.3 Å².